The molecule has 3 heterocycles. The first-order valence-electron chi connectivity index (χ1n) is 9.07. The molecule has 4 aromatic rings. The monoisotopic (exact) mass is 368 g/mol. The molecular formula is C22H20N6. The van der Waals surface area contributed by atoms with E-state index < -0.39 is 0 Å². The van der Waals surface area contributed by atoms with Gasteiger partial charge in [-0.3, -0.25) is 9.97 Å². The summed E-state index contributed by atoms with van der Waals surface area (Å²) in [6.45, 7) is 1.30. The molecule has 2 N–H and O–H groups in total. The number of aromatic nitrogens is 4. The van der Waals surface area contributed by atoms with Gasteiger partial charge in [0.15, 0.2) is 5.82 Å². The third kappa shape index (κ3) is 4.67. The van der Waals surface area contributed by atoms with E-state index in [1.807, 2.05) is 66.9 Å². The Morgan fingerprint density at radius 3 is 2.04 bits per heavy atom. The van der Waals surface area contributed by atoms with Crippen LogP contribution in [0, 0.1) is 0 Å². The van der Waals surface area contributed by atoms with Gasteiger partial charge in [-0.2, -0.15) is 0 Å². The summed E-state index contributed by atoms with van der Waals surface area (Å²) >= 11 is 0. The van der Waals surface area contributed by atoms with Gasteiger partial charge in [0.25, 0.3) is 0 Å². The van der Waals surface area contributed by atoms with Gasteiger partial charge in [-0.05, 0) is 29.3 Å². The molecule has 0 fully saturated rings. The zero-order valence-corrected chi connectivity index (χ0v) is 15.3. The Hall–Kier alpha value is -3.80. The number of hydrogen-bond acceptors (Lipinski definition) is 6. The summed E-state index contributed by atoms with van der Waals surface area (Å²) < 4.78 is 0. The highest BCUT2D eigenvalue weighted by atomic mass is 15.1. The summed E-state index contributed by atoms with van der Waals surface area (Å²) in [6.07, 6.45) is 7.18. The Labute approximate surface area is 163 Å². The third-order valence-electron chi connectivity index (χ3n) is 4.18. The Kier molecular flexibility index (Phi) is 5.49. The van der Waals surface area contributed by atoms with E-state index in [9.17, 15) is 0 Å². The SMILES string of the molecule is c1ccc(-c2nc(NCc3ccncc3)cc(NCc3cccnc3)n2)cc1. The smallest absolute Gasteiger partial charge is 0.163 e. The van der Waals surface area contributed by atoms with Crippen molar-refractivity contribution in [3.63, 3.8) is 0 Å². The first kappa shape index (κ1) is 17.6. The molecule has 0 atom stereocenters. The highest BCUT2D eigenvalue weighted by Crippen LogP contribution is 2.21. The number of rotatable bonds is 7. The zero-order valence-electron chi connectivity index (χ0n) is 15.3. The quantitative estimate of drug-likeness (QED) is 0.510. The molecule has 0 unspecified atom stereocenters. The Morgan fingerprint density at radius 2 is 1.36 bits per heavy atom. The van der Waals surface area contributed by atoms with Crippen molar-refractivity contribution in [2.24, 2.45) is 0 Å². The van der Waals surface area contributed by atoms with Crippen LogP contribution < -0.4 is 10.6 Å². The van der Waals surface area contributed by atoms with Crippen molar-refractivity contribution in [1.29, 1.82) is 0 Å². The lowest BCUT2D eigenvalue weighted by atomic mass is 10.2. The van der Waals surface area contributed by atoms with Crippen molar-refractivity contribution < 1.29 is 0 Å². The molecule has 0 saturated carbocycles. The molecule has 0 aliphatic carbocycles. The number of hydrogen-bond donors (Lipinski definition) is 2. The summed E-state index contributed by atoms with van der Waals surface area (Å²) in [7, 11) is 0. The number of nitrogens with one attached hydrogen (secondary N) is 2. The molecule has 138 valence electrons. The molecule has 28 heavy (non-hydrogen) atoms. The molecule has 0 aliphatic rings. The van der Waals surface area contributed by atoms with Gasteiger partial charge < -0.3 is 10.6 Å². The van der Waals surface area contributed by atoms with Crippen LogP contribution in [0.25, 0.3) is 11.4 Å². The van der Waals surface area contributed by atoms with Gasteiger partial charge in [0.1, 0.15) is 11.6 Å². The summed E-state index contributed by atoms with van der Waals surface area (Å²) in [6, 6.07) is 19.8. The fourth-order valence-electron chi connectivity index (χ4n) is 2.73. The molecule has 4 rings (SSSR count). The van der Waals surface area contributed by atoms with Crippen LogP contribution in [0.2, 0.25) is 0 Å². The number of nitrogens with zero attached hydrogens (tertiary/aromatic N) is 4. The summed E-state index contributed by atoms with van der Waals surface area (Å²) in [5.74, 6) is 2.20. The summed E-state index contributed by atoms with van der Waals surface area (Å²) in [5.41, 5.74) is 3.20. The average Bonchev–Trinajstić information content (AvgIpc) is 2.78. The third-order valence-corrected chi connectivity index (χ3v) is 4.18. The van der Waals surface area contributed by atoms with Crippen molar-refractivity contribution in [3.8, 4) is 11.4 Å². The van der Waals surface area contributed by atoms with Gasteiger partial charge >= 0.3 is 0 Å². The van der Waals surface area contributed by atoms with Crippen LogP contribution in [0.1, 0.15) is 11.1 Å². The van der Waals surface area contributed by atoms with Gasteiger partial charge in [-0.15, -0.1) is 0 Å². The minimum Gasteiger partial charge on any atom is -0.366 e. The largest absolute Gasteiger partial charge is 0.366 e. The standard InChI is InChI=1S/C22H20N6/c1-2-6-19(7-3-1)22-27-20(25-15-17-8-11-23-12-9-17)13-21(28-22)26-16-18-5-4-10-24-14-18/h1-14H,15-16H2,(H2,25,26,27,28). The normalized spacial score (nSPS) is 10.4. The molecule has 0 amide bonds. The lowest BCUT2D eigenvalue weighted by Gasteiger charge is -2.12. The molecular weight excluding hydrogens is 348 g/mol. The molecule has 3 aromatic heterocycles. The number of anilines is 2. The van der Waals surface area contributed by atoms with Crippen LogP contribution >= 0.6 is 0 Å². The first-order chi connectivity index (χ1) is 13.9. The van der Waals surface area contributed by atoms with E-state index in [0.717, 1.165) is 28.3 Å². The van der Waals surface area contributed by atoms with Crippen LogP contribution in [-0.4, -0.2) is 19.9 Å². The number of pyridine rings is 2. The Balaban J connectivity index is 1.57. The maximum Gasteiger partial charge on any atom is 0.163 e. The van der Waals surface area contributed by atoms with Crippen molar-refractivity contribution in [1.82, 2.24) is 19.9 Å². The highest BCUT2D eigenvalue weighted by molar-refractivity contribution is 5.61. The van der Waals surface area contributed by atoms with E-state index in [4.69, 9.17) is 0 Å². The number of benzene rings is 1. The maximum atomic E-state index is 4.68. The predicted molar refractivity (Wildman–Crippen MR) is 111 cm³/mol. The molecule has 0 bridgehead atoms. The second-order valence-electron chi connectivity index (χ2n) is 6.25. The van der Waals surface area contributed by atoms with Crippen LogP contribution in [0.15, 0.2) is 85.5 Å². The molecule has 6 heteroatoms. The van der Waals surface area contributed by atoms with Gasteiger partial charge in [-0.1, -0.05) is 36.4 Å². The highest BCUT2D eigenvalue weighted by Gasteiger charge is 2.07. The Morgan fingerprint density at radius 1 is 0.643 bits per heavy atom. The molecule has 0 radical (unpaired) electrons. The fourth-order valence-corrected chi connectivity index (χ4v) is 2.73. The van der Waals surface area contributed by atoms with Gasteiger partial charge in [0.05, 0.1) is 0 Å². The molecule has 6 nitrogen and oxygen atoms in total. The van der Waals surface area contributed by atoms with Crippen LogP contribution in [0.5, 0.6) is 0 Å². The van der Waals surface area contributed by atoms with Crippen LogP contribution in [0.3, 0.4) is 0 Å². The summed E-state index contributed by atoms with van der Waals surface area (Å²) in [4.78, 5) is 17.6. The molecule has 0 saturated heterocycles. The van der Waals surface area contributed by atoms with E-state index in [0.29, 0.717) is 18.9 Å². The lowest BCUT2D eigenvalue weighted by Crippen LogP contribution is -2.07. The lowest BCUT2D eigenvalue weighted by molar-refractivity contribution is 1.05. The van der Waals surface area contributed by atoms with Crippen LogP contribution in [0.4, 0.5) is 11.6 Å². The topological polar surface area (TPSA) is 75.6 Å². The predicted octanol–water partition coefficient (Wildman–Crippen LogP) is 4.16. The van der Waals surface area contributed by atoms with Crippen molar-refractivity contribution in [2.45, 2.75) is 13.1 Å². The second kappa shape index (κ2) is 8.73. The zero-order chi connectivity index (χ0) is 19.0. The van der Waals surface area contributed by atoms with Gasteiger partial charge in [0.2, 0.25) is 0 Å². The van der Waals surface area contributed by atoms with Crippen molar-refractivity contribution >= 4 is 11.6 Å². The maximum absolute atomic E-state index is 4.68. The molecule has 0 aliphatic heterocycles. The average molecular weight is 368 g/mol. The first-order valence-corrected chi connectivity index (χ1v) is 9.07. The fraction of sp³-hybridized carbons (Fsp3) is 0.0909. The van der Waals surface area contributed by atoms with E-state index in [2.05, 4.69) is 30.6 Å². The van der Waals surface area contributed by atoms with Gasteiger partial charge in [0, 0.05) is 49.5 Å². The van der Waals surface area contributed by atoms with Crippen molar-refractivity contribution in [2.75, 3.05) is 10.6 Å². The Bertz CT molecular complexity index is 945. The van der Waals surface area contributed by atoms with E-state index >= 15 is 0 Å². The van der Waals surface area contributed by atoms with E-state index in [-0.39, 0.29) is 0 Å². The summed E-state index contributed by atoms with van der Waals surface area (Å²) in [5, 5.41) is 6.75. The minimum absolute atomic E-state index is 0.642. The second-order valence-corrected chi connectivity index (χ2v) is 6.25. The van der Waals surface area contributed by atoms with E-state index in [1.165, 1.54) is 0 Å². The van der Waals surface area contributed by atoms with Crippen molar-refractivity contribution in [3.05, 3.63) is 96.6 Å². The van der Waals surface area contributed by atoms with E-state index in [1.54, 1.807) is 18.6 Å². The minimum atomic E-state index is 0.642. The molecule has 0 spiro atoms. The van der Waals surface area contributed by atoms with Gasteiger partial charge in [-0.25, -0.2) is 9.97 Å². The van der Waals surface area contributed by atoms with Crippen LogP contribution in [-0.2, 0) is 13.1 Å². The molecule has 1 aromatic carbocycles.